The molecule has 0 unspecified atom stereocenters. The van der Waals surface area contributed by atoms with Crippen LogP contribution in [-0.4, -0.2) is 25.0 Å². The Hall–Kier alpha value is -3.88. The second-order valence-corrected chi connectivity index (χ2v) is 8.20. The Morgan fingerprint density at radius 2 is 1.80 bits per heavy atom. The van der Waals surface area contributed by atoms with E-state index in [0.717, 1.165) is 4.90 Å². The number of ether oxygens (including phenoxy) is 2. The second-order valence-electron chi connectivity index (χ2n) is 7.35. The third-order valence-corrected chi connectivity index (χ3v) is 5.58. The number of nitrogens with one attached hydrogen (secondary N) is 1. The summed E-state index contributed by atoms with van der Waals surface area (Å²) in [6, 6.07) is 14.3. The van der Waals surface area contributed by atoms with Gasteiger partial charge in [-0.05, 0) is 48.0 Å². The number of hydrogen-bond donors (Lipinski definition) is 1. The zero-order valence-electron chi connectivity index (χ0n) is 18.2. The molecule has 1 heterocycles. The molecule has 0 spiro atoms. The highest BCUT2D eigenvalue weighted by Gasteiger charge is 2.37. The van der Waals surface area contributed by atoms with Crippen molar-refractivity contribution in [3.8, 4) is 11.5 Å². The van der Waals surface area contributed by atoms with Crippen LogP contribution < -0.4 is 19.7 Å². The van der Waals surface area contributed by atoms with Gasteiger partial charge in [-0.1, -0.05) is 47.5 Å². The van der Waals surface area contributed by atoms with Gasteiger partial charge in [-0.25, -0.2) is 14.1 Å². The van der Waals surface area contributed by atoms with E-state index in [1.54, 1.807) is 30.3 Å². The van der Waals surface area contributed by atoms with Crippen LogP contribution in [0.15, 0.2) is 66.2 Å². The summed E-state index contributed by atoms with van der Waals surface area (Å²) >= 11 is 12.4. The van der Waals surface area contributed by atoms with Crippen LogP contribution in [0, 0.1) is 5.82 Å². The first-order valence-corrected chi connectivity index (χ1v) is 10.9. The summed E-state index contributed by atoms with van der Waals surface area (Å²) in [6.45, 7) is -0.0964. The standard InChI is InChI=1S/C25H17Cl2FN2O5/c1-34-21-11-14(10-19(27)22(21)35-13-15-5-2-3-8-20(15)28)9-18-23(31)29-25(33)30(24(18)32)17-7-4-6-16(26)12-17/h2-12H,13H2,1H3,(H,29,31,33)/b18-9+. The fourth-order valence-corrected chi connectivity index (χ4v) is 3.86. The van der Waals surface area contributed by atoms with Gasteiger partial charge in [0.2, 0.25) is 0 Å². The molecule has 1 aliphatic heterocycles. The highest BCUT2D eigenvalue weighted by atomic mass is 35.5. The van der Waals surface area contributed by atoms with Gasteiger partial charge in [-0.3, -0.25) is 14.9 Å². The summed E-state index contributed by atoms with van der Waals surface area (Å²) in [4.78, 5) is 38.7. The van der Waals surface area contributed by atoms with Crippen molar-refractivity contribution in [3.63, 3.8) is 0 Å². The zero-order valence-corrected chi connectivity index (χ0v) is 19.7. The number of carbonyl (C=O) groups excluding carboxylic acids is 3. The van der Waals surface area contributed by atoms with E-state index in [0.29, 0.717) is 16.1 Å². The van der Waals surface area contributed by atoms with Crippen LogP contribution in [0.1, 0.15) is 11.1 Å². The minimum Gasteiger partial charge on any atom is -0.493 e. The van der Waals surface area contributed by atoms with Crippen LogP contribution in [0.3, 0.4) is 0 Å². The quantitative estimate of drug-likeness (QED) is 0.352. The number of anilines is 1. The molecule has 3 aromatic rings. The SMILES string of the molecule is COc1cc(/C=C2\C(=O)NC(=O)N(c3cccc(Cl)c3)C2=O)cc(Cl)c1OCc1ccccc1F. The van der Waals surface area contributed by atoms with E-state index in [2.05, 4.69) is 5.32 Å². The van der Waals surface area contributed by atoms with Crippen LogP contribution in [0.4, 0.5) is 14.9 Å². The molecule has 1 N–H and O–H groups in total. The predicted molar refractivity (Wildman–Crippen MR) is 129 cm³/mol. The first-order chi connectivity index (χ1) is 16.8. The lowest BCUT2D eigenvalue weighted by Crippen LogP contribution is -2.54. The predicted octanol–water partition coefficient (Wildman–Crippen LogP) is 5.39. The number of carbonyl (C=O) groups is 3. The number of nitrogens with zero attached hydrogens (tertiary/aromatic N) is 1. The van der Waals surface area contributed by atoms with E-state index < -0.39 is 23.7 Å². The van der Waals surface area contributed by atoms with Crippen molar-refractivity contribution in [2.45, 2.75) is 6.61 Å². The fourth-order valence-electron chi connectivity index (χ4n) is 3.40. The summed E-state index contributed by atoms with van der Waals surface area (Å²) in [5, 5.41) is 2.56. The van der Waals surface area contributed by atoms with Gasteiger partial charge >= 0.3 is 6.03 Å². The Kier molecular flexibility index (Phi) is 7.04. The number of rotatable bonds is 6. The van der Waals surface area contributed by atoms with Gasteiger partial charge in [0.15, 0.2) is 11.5 Å². The minimum absolute atomic E-state index is 0.0964. The van der Waals surface area contributed by atoms with Crippen molar-refractivity contribution >= 4 is 52.8 Å². The molecule has 4 rings (SSSR count). The third kappa shape index (κ3) is 5.13. The highest BCUT2D eigenvalue weighted by molar-refractivity contribution is 6.39. The van der Waals surface area contributed by atoms with Crippen LogP contribution in [0.5, 0.6) is 11.5 Å². The van der Waals surface area contributed by atoms with Crippen molar-refractivity contribution in [1.82, 2.24) is 5.32 Å². The Bertz CT molecular complexity index is 1380. The minimum atomic E-state index is -0.896. The molecule has 1 aliphatic rings. The molecule has 0 bridgehead atoms. The molecule has 1 fully saturated rings. The molecule has 0 radical (unpaired) electrons. The number of halogens is 3. The molecule has 10 heteroatoms. The number of barbiturate groups is 1. The van der Waals surface area contributed by atoms with Gasteiger partial charge in [0.25, 0.3) is 11.8 Å². The molecule has 1 saturated heterocycles. The summed E-state index contributed by atoms with van der Waals surface area (Å²) in [6.07, 6.45) is 1.27. The van der Waals surface area contributed by atoms with Crippen molar-refractivity contribution in [3.05, 3.63) is 93.2 Å². The van der Waals surface area contributed by atoms with E-state index in [-0.39, 0.29) is 34.4 Å². The van der Waals surface area contributed by atoms with Gasteiger partial charge in [0, 0.05) is 10.6 Å². The Morgan fingerprint density at radius 3 is 2.51 bits per heavy atom. The van der Waals surface area contributed by atoms with Crippen molar-refractivity contribution < 1.29 is 28.2 Å². The normalized spacial score (nSPS) is 14.8. The maximum atomic E-state index is 13.9. The Balaban J connectivity index is 1.65. The number of methoxy groups -OCH3 is 1. The van der Waals surface area contributed by atoms with E-state index >= 15 is 0 Å². The van der Waals surface area contributed by atoms with Crippen molar-refractivity contribution in [2.24, 2.45) is 0 Å². The molecule has 4 amide bonds. The zero-order chi connectivity index (χ0) is 25.1. The van der Waals surface area contributed by atoms with E-state index in [9.17, 15) is 18.8 Å². The Labute approximate surface area is 209 Å². The lowest BCUT2D eigenvalue weighted by atomic mass is 10.1. The number of amides is 4. The molecular weight excluding hydrogens is 498 g/mol. The highest BCUT2D eigenvalue weighted by Crippen LogP contribution is 2.38. The van der Waals surface area contributed by atoms with Gasteiger partial charge in [-0.2, -0.15) is 0 Å². The fraction of sp³-hybridized carbons (Fsp3) is 0.0800. The van der Waals surface area contributed by atoms with Crippen LogP contribution in [0.25, 0.3) is 6.08 Å². The summed E-state index contributed by atoms with van der Waals surface area (Å²) < 4.78 is 25.0. The molecule has 178 valence electrons. The van der Waals surface area contributed by atoms with Gasteiger partial charge < -0.3 is 9.47 Å². The number of imide groups is 2. The van der Waals surface area contributed by atoms with Crippen LogP contribution in [0.2, 0.25) is 10.0 Å². The molecule has 0 atom stereocenters. The topological polar surface area (TPSA) is 84.9 Å². The van der Waals surface area contributed by atoms with Gasteiger partial charge in [0.05, 0.1) is 17.8 Å². The molecule has 3 aromatic carbocycles. The Morgan fingerprint density at radius 1 is 1.03 bits per heavy atom. The smallest absolute Gasteiger partial charge is 0.335 e. The lowest BCUT2D eigenvalue weighted by Gasteiger charge is -2.26. The lowest BCUT2D eigenvalue weighted by molar-refractivity contribution is -0.122. The van der Waals surface area contributed by atoms with Gasteiger partial charge in [0.1, 0.15) is 18.0 Å². The molecule has 0 saturated carbocycles. The monoisotopic (exact) mass is 514 g/mol. The van der Waals surface area contributed by atoms with E-state index in [1.165, 1.54) is 43.5 Å². The third-order valence-electron chi connectivity index (χ3n) is 5.06. The number of hydrogen-bond acceptors (Lipinski definition) is 5. The van der Waals surface area contributed by atoms with Crippen molar-refractivity contribution in [1.29, 1.82) is 0 Å². The largest absolute Gasteiger partial charge is 0.493 e. The summed E-state index contributed by atoms with van der Waals surface area (Å²) in [5.74, 6) is -1.77. The molecule has 7 nitrogen and oxygen atoms in total. The molecule has 35 heavy (non-hydrogen) atoms. The van der Waals surface area contributed by atoms with Gasteiger partial charge in [-0.15, -0.1) is 0 Å². The molecule has 0 aromatic heterocycles. The average Bonchev–Trinajstić information content (AvgIpc) is 2.81. The van der Waals surface area contributed by atoms with Crippen LogP contribution >= 0.6 is 23.2 Å². The van der Waals surface area contributed by atoms with Crippen LogP contribution in [-0.2, 0) is 16.2 Å². The summed E-state index contributed by atoms with van der Waals surface area (Å²) in [5.41, 5.74) is 0.560. The maximum Gasteiger partial charge on any atom is 0.335 e. The first kappa shape index (κ1) is 24.3. The number of benzene rings is 3. The second kappa shape index (κ2) is 10.2. The molecular formula is C25H17Cl2FN2O5. The molecule has 0 aliphatic carbocycles. The first-order valence-electron chi connectivity index (χ1n) is 10.2. The number of urea groups is 1. The van der Waals surface area contributed by atoms with Crippen molar-refractivity contribution in [2.75, 3.05) is 12.0 Å². The van der Waals surface area contributed by atoms with E-state index in [1.807, 2.05) is 0 Å². The maximum absolute atomic E-state index is 13.9. The average molecular weight is 515 g/mol. The van der Waals surface area contributed by atoms with E-state index in [4.69, 9.17) is 32.7 Å². The summed E-state index contributed by atoms with van der Waals surface area (Å²) in [7, 11) is 1.39.